The van der Waals surface area contributed by atoms with E-state index < -0.39 is 0 Å². The number of allylic oxidation sites excluding steroid dienone is 4. The van der Waals surface area contributed by atoms with E-state index in [1.807, 2.05) is 10.6 Å². The van der Waals surface area contributed by atoms with Crippen LogP contribution < -0.4 is 14.9 Å². The molecule has 2 aliphatic heterocycles. The highest BCUT2D eigenvalue weighted by Crippen LogP contribution is 2.49. The first kappa shape index (κ1) is 17.6. The summed E-state index contributed by atoms with van der Waals surface area (Å²) >= 11 is 5.02. The number of benzene rings is 1. The zero-order chi connectivity index (χ0) is 18.5. The van der Waals surface area contributed by atoms with Gasteiger partial charge in [-0.3, -0.25) is 9.36 Å². The molecule has 5 rings (SSSR count). The Hall–Kier alpha value is -1.50. The van der Waals surface area contributed by atoms with E-state index in [-0.39, 0.29) is 11.6 Å². The van der Waals surface area contributed by atoms with Gasteiger partial charge in [0, 0.05) is 5.70 Å². The molecule has 0 spiro atoms. The first-order valence-electron chi connectivity index (χ1n) is 9.28. The van der Waals surface area contributed by atoms with Crippen molar-refractivity contribution in [3.63, 3.8) is 0 Å². The molecular weight excluding hydrogens is 392 g/mol. The van der Waals surface area contributed by atoms with E-state index in [9.17, 15) is 4.79 Å². The van der Waals surface area contributed by atoms with Crippen LogP contribution in [0.3, 0.4) is 0 Å². The largest absolute Gasteiger partial charge is 0.272 e. The molecule has 1 aromatic heterocycles. The van der Waals surface area contributed by atoms with Crippen LogP contribution in [0.5, 0.6) is 0 Å². The molecule has 0 saturated heterocycles. The molecule has 2 aromatic rings. The maximum atomic E-state index is 13.5. The molecule has 1 aromatic carbocycles. The molecule has 0 radical (unpaired) electrons. The Kier molecular flexibility index (Phi) is 4.45. The second-order valence-electron chi connectivity index (χ2n) is 7.10. The number of nitrogens with zero attached hydrogens (tertiary/aromatic N) is 2. The highest BCUT2D eigenvalue weighted by molar-refractivity contribution is 8.35. The first-order chi connectivity index (χ1) is 13.1. The molecule has 1 atom stereocenters. The van der Waals surface area contributed by atoms with E-state index in [1.165, 1.54) is 39.5 Å². The van der Waals surface area contributed by atoms with Crippen molar-refractivity contribution in [2.45, 2.75) is 45.6 Å². The Bertz CT molecular complexity index is 1150. The van der Waals surface area contributed by atoms with Gasteiger partial charge in [-0.25, -0.2) is 4.99 Å². The highest BCUT2D eigenvalue weighted by Gasteiger charge is 2.31. The number of fused-ring (bicyclic) bond motifs is 1. The molecule has 0 N–H and O–H groups in total. The van der Waals surface area contributed by atoms with Gasteiger partial charge in [0.1, 0.15) is 4.53 Å². The van der Waals surface area contributed by atoms with Gasteiger partial charge in [-0.15, -0.1) is 0 Å². The predicted octanol–water partition coefficient (Wildman–Crippen LogP) is 4.76. The summed E-state index contributed by atoms with van der Waals surface area (Å²) in [6.45, 7) is 4.26. The van der Waals surface area contributed by atoms with Crippen molar-refractivity contribution in [1.29, 1.82) is 0 Å². The standard InChI is InChI=1S/C21H20N2OS3/c1-12-13(2)26-20(25-12)18-19(24)23-17(14-8-4-3-5-9-14)15-10-6-7-11-16(15)22-21(23)27-18/h3-5,8-9,17H,6-7,10-11H2,1-2H3/t17-/m1/s1. The molecule has 0 unspecified atom stereocenters. The van der Waals surface area contributed by atoms with Gasteiger partial charge in [-0.05, 0) is 60.5 Å². The van der Waals surface area contributed by atoms with Crippen LogP contribution in [-0.2, 0) is 0 Å². The second kappa shape index (κ2) is 6.83. The fourth-order valence-corrected chi connectivity index (χ4v) is 7.71. The zero-order valence-electron chi connectivity index (χ0n) is 15.3. The molecule has 138 valence electrons. The van der Waals surface area contributed by atoms with E-state index >= 15 is 0 Å². The van der Waals surface area contributed by atoms with Crippen molar-refractivity contribution < 1.29 is 0 Å². The zero-order valence-corrected chi connectivity index (χ0v) is 17.8. The van der Waals surface area contributed by atoms with Crippen molar-refractivity contribution in [1.82, 2.24) is 4.57 Å². The van der Waals surface area contributed by atoms with E-state index in [2.05, 4.69) is 38.1 Å². The van der Waals surface area contributed by atoms with Crippen LogP contribution in [0.2, 0.25) is 0 Å². The van der Waals surface area contributed by atoms with Crippen LogP contribution >= 0.6 is 34.9 Å². The molecule has 1 aliphatic carbocycles. The second-order valence-corrected chi connectivity index (χ2v) is 10.8. The smallest absolute Gasteiger partial charge is 0.272 e. The van der Waals surface area contributed by atoms with Crippen molar-refractivity contribution in [3.05, 3.63) is 76.7 Å². The summed E-state index contributed by atoms with van der Waals surface area (Å²) < 4.78 is 3.92. The first-order valence-corrected chi connectivity index (χ1v) is 11.7. The molecule has 27 heavy (non-hydrogen) atoms. The Labute approximate surface area is 170 Å². The quantitative estimate of drug-likeness (QED) is 0.677. The molecule has 3 nitrogen and oxygen atoms in total. The minimum atomic E-state index is -0.00124. The Morgan fingerprint density at radius 2 is 1.74 bits per heavy atom. The fraction of sp³-hybridized carbons (Fsp3) is 0.333. The third kappa shape index (κ3) is 2.89. The lowest BCUT2D eigenvalue weighted by atomic mass is 9.87. The number of thioether (sulfide) groups is 2. The van der Waals surface area contributed by atoms with Crippen LogP contribution in [0.1, 0.15) is 51.1 Å². The van der Waals surface area contributed by atoms with E-state index in [1.54, 1.807) is 34.9 Å². The SMILES string of the molecule is CC1=C(C)SC(=c2sc3n(c2=O)[C@H](c2ccccc2)C2=C(CCCC2)N=3)S1. The van der Waals surface area contributed by atoms with Gasteiger partial charge in [0.25, 0.3) is 5.56 Å². The lowest BCUT2D eigenvalue weighted by Gasteiger charge is -2.29. The van der Waals surface area contributed by atoms with Crippen LogP contribution in [-0.4, -0.2) is 4.57 Å². The topological polar surface area (TPSA) is 34.4 Å². The van der Waals surface area contributed by atoms with Gasteiger partial charge < -0.3 is 0 Å². The average Bonchev–Trinajstić information content (AvgIpc) is 3.20. The molecular formula is C21H20N2OS3. The molecule has 3 aliphatic rings. The molecule has 0 fully saturated rings. The van der Waals surface area contributed by atoms with Gasteiger partial charge in [0.2, 0.25) is 0 Å². The third-order valence-electron chi connectivity index (χ3n) is 5.40. The van der Waals surface area contributed by atoms with Gasteiger partial charge >= 0.3 is 0 Å². The summed E-state index contributed by atoms with van der Waals surface area (Å²) in [5.41, 5.74) is 3.86. The third-order valence-corrected chi connectivity index (χ3v) is 9.34. The minimum absolute atomic E-state index is 0.00124. The lowest BCUT2D eigenvalue weighted by molar-refractivity contribution is 0.525. The van der Waals surface area contributed by atoms with Gasteiger partial charge in [0.05, 0.1) is 10.3 Å². The van der Waals surface area contributed by atoms with E-state index in [0.29, 0.717) is 0 Å². The number of hydrogen-bond donors (Lipinski definition) is 0. The molecule has 3 heterocycles. The molecule has 6 heteroatoms. The van der Waals surface area contributed by atoms with Crippen LogP contribution in [0.25, 0.3) is 4.24 Å². The fourth-order valence-electron chi connectivity index (χ4n) is 3.94. The summed E-state index contributed by atoms with van der Waals surface area (Å²) in [5.74, 6) is 0. The Morgan fingerprint density at radius 3 is 2.48 bits per heavy atom. The molecule has 0 saturated carbocycles. The lowest BCUT2D eigenvalue weighted by Crippen LogP contribution is -2.38. The summed E-state index contributed by atoms with van der Waals surface area (Å²) in [7, 11) is 0. The van der Waals surface area contributed by atoms with Gasteiger partial charge in [0.15, 0.2) is 4.80 Å². The summed E-state index contributed by atoms with van der Waals surface area (Å²) in [6, 6.07) is 10.5. The Balaban J connectivity index is 1.77. The minimum Gasteiger partial charge on any atom is -0.272 e. The van der Waals surface area contributed by atoms with Crippen LogP contribution in [0, 0.1) is 0 Å². The maximum Gasteiger partial charge on any atom is 0.272 e. The van der Waals surface area contributed by atoms with E-state index in [0.717, 1.165) is 26.4 Å². The van der Waals surface area contributed by atoms with E-state index in [4.69, 9.17) is 4.99 Å². The summed E-state index contributed by atoms with van der Waals surface area (Å²) in [6.07, 6.45) is 4.44. The maximum absolute atomic E-state index is 13.5. The molecule has 0 bridgehead atoms. The number of aromatic nitrogens is 1. The number of thiazole rings is 1. The monoisotopic (exact) mass is 412 g/mol. The van der Waals surface area contributed by atoms with Crippen molar-refractivity contribution in [2.24, 2.45) is 4.99 Å². The summed E-state index contributed by atoms with van der Waals surface area (Å²) in [4.78, 5) is 21.9. The van der Waals surface area contributed by atoms with Gasteiger partial charge in [-0.1, -0.05) is 65.2 Å². The number of rotatable bonds is 1. The average molecular weight is 413 g/mol. The normalized spacial score (nSPS) is 22.0. The molecule has 0 amide bonds. The number of hydrogen-bond acceptors (Lipinski definition) is 5. The van der Waals surface area contributed by atoms with Crippen molar-refractivity contribution in [2.75, 3.05) is 0 Å². The van der Waals surface area contributed by atoms with Crippen LogP contribution in [0.4, 0.5) is 0 Å². The van der Waals surface area contributed by atoms with Gasteiger partial charge in [-0.2, -0.15) is 0 Å². The Morgan fingerprint density at radius 1 is 1.04 bits per heavy atom. The highest BCUT2D eigenvalue weighted by atomic mass is 32.2. The predicted molar refractivity (Wildman–Crippen MR) is 116 cm³/mol. The van der Waals surface area contributed by atoms with Crippen LogP contribution in [0.15, 0.2) is 61.2 Å². The van der Waals surface area contributed by atoms with Crippen molar-refractivity contribution >= 4 is 39.1 Å². The van der Waals surface area contributed by atoms with Crippen molar-refractivity contribution in [3.8, 4) is 0 Å². The summed E-state index contributed by atoms with van der Waals surface area (Å²) in [5, 5.41) is 0.